The van der Waals surface area contributed by atoms with E-state index in [0.29, 0.717) is 16.5 Å². The summed E-state index contributed by atoms with van der Waals surface area (Å²) in [4.78, 5) is 4.55. The van der Waals surface area contributed by atoms with Crippen LogP contribution in [0.25, 0.3) is 0 Å². The summed E-state index contributed by atoms with van der Waals surface area (Å²) >= 11 is 0. The maximum absolute atomic E-state index is 9.16. The molecule has 5 rings (SSSR count). The maximum atomic E-state index is 9.16. The lowest BCUT2D eigenvalue weighted by atomic mass is 9.48. The molecule has 1 aromatic heterocycles. The molecule has 0 aromatic carbocycles. The van der Waals surface area contributed by atoms with Gasteiger partial charge in [-0.3, -0.25) is 0 Å². The normalized spacial score (nSPS) is 44.1. The molecule has 1 aromatic rings. The number of nitriles is 1. The fourth-order valence-corrected chi connectivity index (χ4v) is 9.09. The Morgan fingerprint density at radius 3 is 2.65 bits per heavy atom. The van der Waals surface area contributed by atoms with Crippen molar-refractivity contribution in [1.29, 1.82) is 5.26 Å². The van der Waals surface area contributed by atoms with Gasteiger partial charge in [-0.25, -0.2) is 4.98 Å². The van der Waals surface area contributed by atoms with Crippen LogP contribution in [-0.2, 0) is 6.42 Å². The number of hydrogen-bond acceptors (Lipinski definition) is 2. The standard InChI is InChI=1S/C29H42N2/c1-4-28(2)16-14-24-20(18-28)8-12-26-25(24)15-17-29(3)21(10-13-27(26)29)9-11-22-6-5-7-23(19-30)31-22/h5-7,20-21,24-27H,4,8-18H2,1-3H3/t20?,21?,24?,25?,26?,27?,28-,29?/m0/s1. The first kappa shape index (κ1) is 21.5. The first-order chi connectivity index (χ1) is 15.0. The highest BCUT2D eigenvalue weighted by molar-refractivity contribution is 5.22. The summed E-state index contributed by atoms with van der Waals surface area (Å²) in [6, 6.07) is 8.13. The van der Waals surface area contributed by atoms with Gasteiger partial charge < -0.3 is 0 Å². The first-order valence-electron chi connectivity index (χ1n) is 13.3. The number of pyridine rings is 1. The molecule has 0 amide bonds. The number of hydrogen-bond donors (Lipinski definition) is 0. The Labute approximate surface area is 190 Å². The van der Waals surface area contributed by atoms with Crippen LogP contribution in [-0.4, -0.2) is 4.98 Å². The molecule has 4 aliphatic carbocycles. The fourth-order valence-electron chi connectivity index (χ4n) is 9.09. The van der Waals surface area contributed by atoms with Gasteiger partial charge in [0.1, 0.15) is 11.8 Å². The molecule has 31 heavy (non-hydrogen) atoms. The van der Waals surface area contributed by atoms with Crippen LogP contribution in [0.1, 0.15) is 103 Å². The second-order valence-corrected chi connectivity index (χ2v) is 12.3. The topological polar surface area (TPSA) is 36.7 Å². The van der Waals surface area contributed by atoms with E-state index in [2.05, 4.69) is 37.9 Å². The van der Waals surface area contributed by atoms with Crippen LogP contribution in [0.15, 0.2) is 18.2 Å². The monoisotopic (exact) mass is 418 g/mol. The van der Waals surface area contributed by atoms with Gasteiger partial charge in [-0.15, -0.1) is 0 Å². The Balaban J connectivity index is 1.26. The lowest BCUT2D eigenvalue weighted by molar-refractivity contribution is -0.0788. The van der Waals surface area contributed by atoms with Crippen molar-refractivity contribution in [3.8, 4) is 6.07 Å². The molecule has 0 spiro atoms. The molecular weight excluding hydrogens is 376 g/mol. The van der Waals surface area contributed by atoms with Crippen molar-refractivity contribution >= 4 is 0 Å². The predicted octanol–water partition coefficient (Wildman–Crippen LogP) is 7.57. The van der Waals surface area contributed by atoms with Crippen molar-refractivity contribution in [1.82, 2.24) is 4.98 Å². The van der Waals surface area contributed by atoms with E-state index in [4.69, 9.17) is 5.26 Å². The molecule has 168 valence electrons. The van der Waals surface area contributed by atoms with Gasteiger partial charge >= 0.3 is 0 Å². The summed E-state index contributed by atoms with van der Waals surface area (Å²) in [7, 11) is 0. The first-order valence-corrected chi connectivity index (χ1v) is 13.3. The summed E-state index contributed by atoms with van der Waals surface area (Å²) < 4.78 is 0. The van der Waals surface area contributed by atoms with Gasteiger partial charge in [-0.2, -0.15) is 5.26 Å². The number of nitrogens with zero attached hydrogens (tertiary/aromatic N) is 2. The molecule has 4 aliphatic rings. The zero-order chi connectivity index (χ0) is 21.6. The zero-order valence-corrected chi connectivity index (χ0v) is 20.1. The van der Waals surface area contributed by atoms with Crippen molar-refractivity contribution in [2.75, 3.05) is 0 Å². The summed E-state index contributed by atoms with van der Waals surface area (Å²) in [6.07, 6.45) is 17.1. The molecule has 0 N–H and O–H groups in total. The quantitative estimate of drug-likeness (QED) is 0.505. The Morgan fingerprint density at radius 2 is 1.84 bits per heavy atom. The van der Waals surface area contributed by atoms with Crippen molar-refractivity contribution in [3.63, 3.8) is 0 Å². The Kier molecular flexibility index (Phi) is 5.69. The highest BCUT2D eigenvalue weighted by Crippen LogP contribution is 2.65. The van der Waals surface area contributed by atoms with Gasteiger partial charge in [0.2, 0.25) is 0 Å². The molecule has 0 saturated heterocycles. The molecule has 0 aliphatic heterocycles. The summed E-state index contributed by atoms with van der Waals surface area (Å²) in [5, 5.41) is 9.16. The molecule has 2 nitrogen and oxygen atoms in total. The van der Waals surface area contributed by atoms with Crippen molar-refractivity contribution < 1.29 is 0 Å². The average molecular weight is 419 g/mol. The van der Waals surface area contributed by atoms with E-state index in [-0.39, 0.29) is 0 Å². The van der Waals surface area contributed by atoms with Crippen LogP contribution in [0.2, 0.25) is 0 Å². The van der Waals surface area contributed by atoms with Crippen LogP contribution in [0.4, 0.5) is 0 Å². The minimum Gasteiger partial charge on any atom is -0.242 e. The van der Waals surface area contributed by atoms with Crippen molar-refractivity contribution in [2.45, 2.75) is 97.8 Å². The van der Waals surface area contributed by atoms with Gasteiger partial charge in [-0.1, -0.05) is 33.3 Å². The third-order valence-electron chi connectivity index (χ3n) is 11.1. The molecule has 0 radical (unpaired) electrons. The fraction of sp³-hybridized carbons (Fsp3) is 0.793. The van der Waals surface area contributed by atoms with Crippen LogP contribution in [0.3, 0.4) is 0 Å². The lowest BCUT2D eigenvalue weighted by Crippen LogP contribution is -2.49. The molecule has 2 heteroatoms. The lowest BCUT2D eigenvalue weighted by Gasteiger charge is -2.57. The largest absolute Gasteiger partial charge is 0.242 e. The second kappa shape index (κ2) is 8.20. The van der Waals surface area contributed by atoms with Crippen LogP contribution in [0.5, 0.6) is 0 Å². The maximum Gasteiger partial charge on any atom is 0.140 e. The molecule has 0 bridgehead atoms. The smallest absolute Gasteiger partial charge is 0.140 e. The zero-order valence-electron chi connectivity index (χ0n) is 20.1. The molecule has 1 heterocycles. The number of aryl methyl sites for hydroxylation is 1. The average Bonchev–Trinajstić information content (AvgIpc) is 3.13. The van der Waals surface area contributed by atoms with Gasteiger partial charge in [0.15, 0.2) is 0 Å². The molecule has 8 atom stereocenters. The van der Waals surface area contributed by atoms with E-state index in [1.54, 1.807) is 0 Å². The SMILES string of the molecule is CC[C@@]1(C)CCC2C(CCC3C2CCC2(C)C(CCc4cccc(C#N)n4)CCC32)C1. The van der Waals surface area contributed by atoms with Crippen LogP contribution < -0.4 is 0 Å². The van der Waals surface area contributed by atoms with Crippen molar-refractivity contribution in [2.24, 2.45) is 46.3 Å². The van der Waals surface area contributed by atoms with E-state index in [1.807, 2.05) is 12.1 Å². The van der Waals surface area contributed by atoms with E-state index < -0.39 is 0 Å². The third-order valence-corrected chi connectivity index (χ3v) is 11.1. The van der Waals surface area contributed by atoms with Gasteiger partial charge in [0, 0.05) is 5.69 Å². The number of rotatable bonds is 4. The third kappa shape index (κ3) is 3.75. The second-order valence-electron chi connectivity index (χ2n) is 12.3. The summed E-state index contributed by atoms with van der Waals surface area (Å²) in [6.45, 7) is 7.64. The van der Waals surface area contributed by atoms with Gasteiger partial charge in [0.25, 0.3) is 0 Å². The van der Waals surface area contributed by atoms with Crippen molar-refractivity contribution in [3.05, 3.63) is 29.6 Å². The Bertz CT molecular complexity index is 839. The number of fused-ring (bicyclic) bond motifs is 5. The highest BCUT2D eigenvalue weighted by atomic mass is 14.7. The van der Waals surface area contributed by atoms with Gasteiger partial charge in [-0.05, 0) is 129 Å². The van der Waals surface area contributed by atoms with E-state index in [0.717, 1.165) is 47.6 Å². The van der Waals surface area contributed by atoms with E-state index >= 15 is 0 Å². The van der Waals surface area contributed by atoms with Gasteiger partial charge in [0.05, 0.1) is 0 Å². The van der Waals surface area contributed by atoms with Crippen LogP contribution in [0, 0.1) is 57.7 Å². The molecule has 4 fully saturated rings. The minimum atomic E-state index is 0.549. The van der Waals surface area contributed by atoms with Crippen LogP contribution >= 0.6 is 0 Å². The summed E-state index contributed by atoms with van der Waals surface area (Å²) in [5.74, 6) is 5.93. The van der Waals surface area contributed by atoms with E-state index in [1.165, 1.54) is 70.6 Å². The Morgan fingerprint density at radius 1 is 1.00 bits per heavy atom. The Hall–Kier alpha value is -1.36. The number of aromatic nitrogens is 1. The van der Waals surface area contributed by atoms with E-state index in [9.17, 15) is 0 Å². The molecule has 7 unspecified atom stereocenters. The highest BCUT2D eigenvalue weighted by Gasteiger charge is 2.57. The molecular formula is C29H42N2. The minimum absolute atomic E-state index is 0.549. The summed E-state index contributed by atoms with van der Waals surface area (Å²) in [5.41, 5.74) is 2.86. The molecule has 4 saturated carbocycles. The predicted molar refractivity (Wildman–Crippen MR) is 126 cm³/mol.